The summed E-state index contributed by atoms with van der Waals surface area (Å²) in [6.45, 7) is 10.2. The summed E-state index contributed by atoms with van der Waals surface area (Å²) < 4.78 is 0. The van der Waals surface area contributed by atoms with Crippen LogP contribution in [0, 0.1) is 6.92 Å². The molecule has 2 rings (SSSR count). The lowest BCUT2D eigenvalue weighted by molar-refractivity contribution is -0.121. The normalized spacial score (nSPS) is 14.8. The Labute approximate surface area is 184 Å². The van der Waals surface area contributed by atoms with E-state index in [1.54, 1.807) is 7.05 Å². The number of nitrogens with one attached hydrogen (secondary N) is 2. The average Bonchev–Trinajstić information content (AvgIpc) is 2.60. The van der Waals surface area contributed by atoms with Crippen LogP contribution in [0.3, 0.4) is 0 Å². The van der Waals surface area contributed by atoms with Crippen LogP contribution in [0.5, 0.6) is 0 Å². The van der Waals surface area contributed by atoms with Crippen LogP contribution >= 0.6 is 35.6 Å². The van der Waals surface area contributed by atoms with E-state index in [-0.39, 0.29) is 35.9 Å². The van der Waals surface area contributed by atoms with Crippen molar-refractivity contribution in [2.75, 3.05) is 44.7 Å². The summed E-state index contributed by atoms with van der Waals surface area (Å²) in [6.07, 6.45) is 0.443. The fraction of sp³-hybridized carbons (Fsp3) is 0.579. The Balaban J connectivity index is 0.00000364. The minimum Gasteiger partial charge on any atom is -0.368 e. The summed E-state index contributed by atoms with van der Waals surface area (Å²) in [5.74, 6) is 0.911. The van der Waals surface area contributed by atoms with Gasteiger partial charge in [-0.3, -0.25) is 9.79 Å². The third-order valence-electron chi connectivity index (χ3n) is 4.39. The number of hydrogen-bond donors (Lipinski definition) is 2. The van der Waals surface area contributed by atoms with Gasteiger partial charge in [-0.2, -0.15) is 0 Å². The van der Waals surface area contributed by atoms with Crippen molar-refractivity contribution in [3.8, 4) is 0 Å². The Morgan fingerprint density at radius 1 is 1.26 bits per heavy atom. The molecule has 27 heavy (non-hydrogen) atoms. The number of piperazine rings is 1. The van der Waals surface area contributed by atoms with Gasteiger partial charge in [-0.1, -0.05) is 17.7 Å². The first-order valence-corrected chi connectivity index (χ1v) is 9.54. The van der Waals surface area contributed by atoms with Gasteiger partial charge in [0.2, 0.25) is 5.91 Å². The molecule has 1 saturated heterocycles. The predicted octanol–water partition coefficient (Wildman–Crippen LogP) is 2.88. The lowest BCUT2D eigenvalue weighted by Gasteiger charge is -2.38. The van der Waals surface area contributed by atoms with Crippen molar-refractivity contribution in [2.24, 2.45) is 4.99 Å². The van der Waals surface area contributed by atoms with Gasteiger partial charge in [0.25, 0.3) is 0 Å². The first kappa shape index (κ1) is 23.8. The van der Waals surface area contributed by atoms with E-state index in [0.717, 1.165) is 37.2 Å². The third-order valence-corrected chi connectivity index (χ3v) is 4.62. The zero-order chi connectivity index (χ0) is 19.1. The van der Waals surface area contributed by atoms with Gasteiger partial charge in [-0.15, -0.1) is 24.0 Å². The van der Waals surface area contributed by atoms with E-state index in [1.165, 1.54) is 11.3 Å². The maximum absolute atomic E-state index is 11.7. The van der Waals surface area contributed by atoms with Gasteiger partial charge in [0.1, 0.15) is 0 Å². The molecule has 1 aliphatic heterocycles. The molecule has 1 heterocycles. The second-order valence-electron chi connectivity index (χ2n) is 6.85. The highest BCUT2D eigenvalue weighted by Gasteiger charge is 2.21. The Morgan fingerprint density at radius 3 is 2.52 bits per heavy atom. The van der Waals surface area contributed by atoms with Crippen molar-refractivity contribution < 1.29 is 4.79 Å². The predicted molar refractivity (Wildman–Crippen MR) is 125 cm³/mol. The van der Waals surface area contributed by atoms with Gasteiger partial charge >= 0.3 is 0 Å². The van der Waals surface area contributed by atoms with Gasteiger partial charge in [-0.25, -0.2) is 0 Å². The number of carbonyl (C=O) groups excluding carboxylic acids is 1. The fourth-order valence-electron chi connectivity index (χ4n) is 3.10. The van der Waals surface area contributed by atoms with Crippen LogP contribution in [-0.2, 0) is 4.79 Å². The minimum absolute atomic E-state index is 0. The number of nitrogens with zero attached hydrogens (tertiary/aromatic N) is 3. The molecule has 0 unspecified atom stereocenters. The first-order valence-electron chi connectivity index (χ1n) is 9.16. The zero-order valence-corrected chi connectivity index (χ0v) is 19.7. The summed E-state index contributed by atoms with van der Waals surface area (Å²) in [5, 5.41) is 6.96. The Bertz CT molecular complexity index is 645. The summed E-state index contributed by atoms with van der Waals surface area (Å²) in [6, 6.07) is 6.20. The van der Waals surface area contributed by atoms with Crippen LogP contribution in [0.25, 0.3) is 0 Å². The molecule has 6 nitrogen and oxygen atoms in total. The van der Waals surface area contributed by atoms with Crippen molar-refractivity contribution in [3.63, 3.8) is 0 Å². The summed E-state index contributed by atoms with van der Waals surface area (Å²) in [7, 11) is 1.78. The number of carbonyl (C=O) groups is 1. The van der Waals surface area contributed by atoms with Gasteiger partial charge < -0.3 is 20.4 Å². The molecule has 0 spiro atoms. The molecule has 1 aliphatic rings. The maximum Gasteiger partial charge on any atom is 0.221 e. The van der Waals surface area contributed by atoms with E-state index < -0.39 is 0 Å². The number of guanidine groups is 1. The average molecular weight is 508 g/mol. The van der Waals surface area contributed by atoms with Crippen molar-refractivity contribution in [1.82, 2.24) is 15.5 Å². The molecule has 0 aliphatic carbocycles. The topological polar surface area (TPSA) is 60.0 Å². The van der Waals surface area contributed by atoms with Crippen LogP contribution < -0.4 is 15.5 Å². The number of halogens is 2. The maximum atomic E-state index is 11.7. The third kappa shape index (κ3) is 7.37. The number of amides is 1. The molecule has 0 bridgehead atoms. The van der Waals surface area contributed by atoms with Gasteiger partial charge in [0.15, 0.2) is 5.96 Å². The molecule has 1 aromatic carbocycles. The number of aliphatic imine (C=N–C) groups is 1. The molecule has 1 amide bonds. The molecule has 152 valence electrons. The number of benzene rings is 1. The molecule has 1 fully saturated rings. The molecule has 0 radical (unpaired) electrons. The van der Waals surface area contributed by atoms with Crippen molar-refractivity contribution in [2.45, 2.75) is 33.2 Å². The van der Waals surface area contributed by atoms with E-state index in [2.05, 4.69) is 38.4 Å². The summed E-state index contributed by atoms with van der Waals surface area (Å²) >= 11 is 6.15. The smallest absolute Gasteiger partial charge is 0.221 e. The highest BCUT2D eigenvalue weighted by Crippen LogP contribution is 2.25. The van der Waals surface area contributed by atoms with Gasteiger partial charge in [0.05, 0.1) is 0 Å². The van der Waals surface area contributed by atoms with Crippen LogP contribution in [0.2, 0.25) is 5.02 Å². The minimum atomic E-state index is 0. The second kappa shape index (κ2) is 11.6. The van der Waals surface area contributed by atoms with E-state index >= 15 is 0 Å². The second-order valence-corrected chi connectivity index (χ2v) is 7.29. The zero-order valence-electron chi connectivity index (χ0n) is 16.6. The number of rotatable bonds is 5. The molecular weight excluding hydrogens is 477 g/mol. The highest BCUT2D eigenvalue weighted by molar-refractivity contribution is 14.0. The van der Waals surface area contributed by atoms with E-state index in [1.807, 2.05) is 26.0 Å². The van der Waals surface area contributed by atoms with Crippen LogP contribution in [0.1, 0.15) is 25.8 Å². The fourth-order valence-corrected chi connectivity index (χ4v) is 3.26. The monoisotopic (exact) mass is 507 g/mol. The molecule has 0 atom stereocenters. The van der Waals surface area contributed by atoms with E-state index in [9.17, 15) is 4.79 Å². The standard InChI is InChI=1S/C19H30ClN5O.HI/c1-14(2)23-18(26)7-8-22-19(21-4)25-11-9-24(10-12-25)17-13-16(20)6-5-15(17)3;/h5-6,13-14H,7-12H2,1-4H3,(H,21,22)(H,23,26);1H. The lowest BCUT2D eigenvalue weighted by atomic mass is 10.1. The number of anilines is 1. The molecule has 1 aromatic rings. The van der Waals surface area contributed by atoms with Crippen LogP contribution in [-0.4, -0.2) is 62.6 Å². The van der Waals surface area contributed by atoms with Crippen molar-refractivity contribution in [1.29, 1.82) is 0 Å². The number of aryl methyl sites for hydroxylation is 1. The van der Waals surface area contributed by atoms with Crippen LogP contribution in [0.4, 0.5) is 5.69 Å². The molecule has 8 heteroatoms. The summed E-state index contributed by atoms with van der Waals surface area (Å²) in [5.41, 5.74) is 2.44. The van der Waals surface area contributed by atoms with Crippen molar-refractivity contribution in [3.05, 3.63) is 28.8 Å². The van der Waals surface area contributed by atoms with Crippen molar-refractivity contribution >= 4 is 53.1 Å². The molecule has 2 N–H and O–H groups in total. The van der Waals surface area contributed by atoms with Gasteiger partial charge in [0, 0.05) is 62.9 Å². The SMILES string of the molecule is CN=C(NCCC(=O)NC(C)C)N1CCN(c2cc(Cl)ccc2C)CC1.I. The van der Waals surface area contributed by atoms with Gasteiger partial charge in [-0.05, 0) is 38.5 Å². The molecular formula is C19H31ClIN5O. The number of hydrogen-bond acceptors (Lipinski definition) is 3. The Morgan fingerprint density at radius 2 is 1.93 bits per heavy atom. The van der Waals surface area contributed by atoms with E-state index in [0.29, 0.717) is 13.0 Å². The summed E-state index contributed by atoms with van der Waals surface area (Å²) in [4.78, 5) is 20.7. The lowest BCUT2D eigenvalue weighted by Crippen LogP contribution is -2.53. The first-order chi connectivity index (χ1) is 12.4. The largest absolute Gasteiger partial charge is 0.368 e. The Kier molecular flexibility index (Phi) is 10.2. The molecule has 0 aromatic heterocycles. The quantitative estimate of drug-likeness (QED) is 0.366. The van der Waals surface area contributed by atoms with Crippen LogP contribution in [0.15, 0.2) is 23.2 Å². The molecule has 0 saturated carbocycles. The highest BCUT2D eigenvalue weighted by atomic mass is 127. The van der Waals surface area contributed by atoms with E-state index in [4.69, 9.17) is 11.6 Å². The Hall–Kier alpha value is -1.22.